The molecule has 0 heterocycles. The fourth-order valence-electron chi connectivity index (χ4n) is 1.82. The molecule has 5 nitrogen and oxygen atoms in total. The SMILES string of the molecule is O=[N+]([O-])c1cc(F)cc(CS(=O)(=O)c2ccccc2F)c1. The van der Waals surface area contributed by atoms with Crippen LogP contribution in [0.1, 0.15) is 5.56 Å². The van der Waals surface area contributed by atoms with E-state index >= 15 is 0 Å². The quantitative estimate of drug-likeness (QED) is 0.642. The molecule has 0 unspecified atom stereocenters. The lowest BCUT2D eigenvalue weighted by Crippen LogP contribution is -2.07. The molecule has 0 saturated heterocycles. The fourth-order valence-corrected chi connectivity index (χ4v) is 3.23. The Bertz CT molecular complexity index is 806. The van der Waals surface area contributed by atoms with E-state index in [9.17, 15) is 27.3 Å². The van der Waals surface area contributed by atoms with E-state index in [1.165, 1.54) is 12.1 Å². The minimum Gasteiger partial charge on any atom is -0.258 e. The third-order valence-corrected chi connectivity index (χ3v) is 4.40. The van der Waals surface area contributed by atoms with E-state index in [-0.39, 0.29) is 5.56 Å². The number of sulfone groups is 1. The summed E-state index contributed by atoms with van der Waals surface area (Å²) in [7, 11) is -4.07. The van der Waals surface area contributed by atoms with Crippen LogP contribution in [0.3, 0.4) is 0 Å². The Morgan fingerprint density at radius 2 is 1.76 bits per heavy atom. The number of nitrogens with zero attached hydrogens (tertiary/aromatic N) is 1. The molecule has 110 valence electrons. The number of rotatable bonds is 4. The molecule has 0 atom stereocenters. The third-order valence-electron chi connectivity index (χ3n) is 2.68. The standard InChI is InChI=1S/C13H9F2NO4S/c14-10-5-9(6-11(7-10)16(17)18)8-21(19,20)13-4-2-1-3-12(13)15/h1-7H,8H2. The van der Waals surface area contributed by atoms with E-state index in [0.29, 0.717) is 6.07 Å². The van der Waals surface area contributed by atoms with Crippen molar-refractivity contribution in [1.82, 2.24) is 0 Å². The molecule has 8 heteroatoms. The van der Waals surface area contributed by atoms with E-state index < -0.39 is 42.7 Å². The van der Waals surface area contributed by atoms with Gasteiger partial charge in [-0.05, 0) is 23.8 Å². The number of non-ortho nitro benzene ring substituents is 1. The van der Waals surface area contributed by atoms with Gasteiger partial charge in [-0.15, -0.1) is 0 Å². The zero-order valence-corrected chi connectivity index (χ0v) is 11.3. The molecule has 0 aliphatic rings. The Balaban J connectivity index is 2.42. The van der Waals surface area contributed by atoms with Crippen molar-refractivity contribution in [3.63, 3.8) is 0 Å². The zero-order valence-electron chi connectivity index (χ0n) is 10.5. The maximum Gasteiger partial charge on any atom is 0.272 e. The van der Waals surface area contributed by atoms with Crippen molar-refractivity contribution < 1.29 is 22.1 Å². The topological polar surface area (TPSA) is 77.3 Å². The van der Waals surface area contributed by atoms with Crippen LogP contribution in [0.5, 0.6) is 0 Å². The second-order valence-electron chi connectivity index (χ2n) is 4.26. The first-order valence-corrected chi connectivity index (χ1v) is 7.36. The lowest BCUT2D eigenvalue weighted by Gasteiger charge is -2.06. The summed E-state index contributed by atoms with van der Waals surface area (Å²) in [4.78, 5) is 9.26. The molecule has 21 heavy (non-hydrogen) atoms. The molecule has 2 rings (SSSR count). The predicted molar refractivity (Wildman–Crippen MR) is 70.3 cm³/mol. The van der Waals surface area contributed by atoms with Crippen LogP contribution in [0.25, 0.3) is 0 Å². The summed E-state index contributed by atoms with van der Waals surface area (Å²) in [6.45, 7) is 0. The summed E-state index contributed by atoms with van der Waals surface area (Å²) >= 11 is 0. The highest BCUT2D eigenvalue weighted by atomic mass is 32.2. The first-order valence-electron chi connectivity index (χ1n) is 5.71. The molecule has 0 aliphatic carbocycles. The van der Waals surface area contributed by atoms with E-state index in [2.05, 4.69) is 0 Å². The Morgan fingerprint density at radius 1 is 1.10 bits per heavy atom. The smallest absolute Gasteiger partial charge is 0.258 e. The second-order valence-corrected chi connectivity index (χ2v) is 6.22. The van der Waals surface area contributed by atoms with Crippen LogP contribution in [0, 0.1) is 21.7 Å². The molecule has 2 aromatic carbocycles. The molecule has 0 radical (unpaired) electrons. The van der Waals surface area contributed by atoms with Crippen LogP contribution >= 0.6 is 0 Å². The molecule has 0 N–H and O–H groups in total. The van der Waals surface area contributed by atoms with E-state index in [0.717, 1.165) is 24.3 Å². The molecule has 0 fully saturated rings. The van der Waals surface area contributed by atoms with Crippen LogP contribution in [0.2, 0.25) is 0 Å². The van der Waals surface area contributed by atoms with Gasteiger partial charge in [-0.3, -0.25) is 10.1 Å². The van der Waals surface area contributed by atoms with Gasteiger partial charge in [-0.1, -0.05) is 12.1 Å². The van der Waals surface area contributed by atoms with Crippen molar-refractivity contribution in [2.24, 2.45) is 0 Å². The molecule has 0 spiro atoms. The van der Waals surface area contributed by atoms with Gasteiger partial charge in [0.25, 0.3) is 5.69 Å². The van der Waals surface area contributed by atoms with Crippen LogP contribution in [0.15, 0.2) is 47.4 Å². The lowest BCUT2D eigenvalue weighted by atomic mass is 10.2. The van der Waals surface area contributed by atoms with Crippen molar-refractivity contribution >= 4 is 15.5 Å². The molecule has 2 aromatic rings. The highest BCUT2D eigenvalue weighted by molar-refractivity contribution is 7.90. The van der Waals surface area contributed by atoms with Crippen molar-refractivity contribution in [3.05, 3.63) is 69.8 Å². The zero-order chi connectivity index (χ0) is 15.6. The van der Waals surface area contributed by atoms with Gasteiger partial charge in [0, 0.05) is 6.07 Å². The number of halogens is 2. The van der Waals surface area contributed by atoms with Gasteiger partial charge in [0.1, 0.15) is 16.5 Å². The minimum atomic E-state index is -4.07. The molecule has 0 aromatic heterocycles. The largest absolute Gasteiger partial charge is 0.272 e. The van der Waals surface area contributed by atoms with Gasteiger partial charge in [0.2, 0.25) is 0 Å². The van der Waals surface area contributed by atoms with Crippen LogP contribution < -0.4 is 0 Å². The Kier molecular flexibility index (Phi) is 3.99. The van der Waals surface area contributed by atoms with Crippen molar-refractivity contribution in [1.29, 1.82) is 0 Å². The molecule has 0 saturated carbocycles. The van der Waals surface area contributed by atoms with E-state index in [4.69, 9.17) is 0 Å². The fraction of sp³-hybridized carbons (Fsp3) is 0.0769. The number of benzene rings is 2. The van der Waals surface area contributed by atoms with Gasteiger partial charge in [-0.25, -0.2) is 17.2 Å². The van der Waals surface area contributed by atoms with Gasteiger partial charge in [-0.2, -0.15) is 0 Å². The Labute approximate surface area is 118 Å². The highest BCUT2D eigenvalue weighted by Crippen LogP contribution is 2.22. The first kappa shape index (κ1) is 15.0. The maximum atomic E-state index is 13.5. The average molecular weight is 313 g/mol. The predicted octanol–water partition coefficient (Wildman–Crippen LogP) is 2.85. The number of nitro groups is 1. The third kappa shape index (κ3) is 3.40. The monoisotopic (exact) mass is 313 g/mol. The molecular weight excluding hydrogens is 304 g/mol. The molecule has 0 bridgehead atoms. The summed E-state index contributed by atoms with van der Waals surface area (Å²) in [5, 5.41) is 10.6. The number of hydrogen-bond donors (Lipinski definition) is 0. The summed E-state index contributed by atoms with van der Waals surface area (Å²) in [6.07, 6.45) is 0. The number of hydrogen-bond acceptors (Lipinski definition) is 4. The van der Waals surface area contributed by atoms with Gasteiger partial charge in [0.05, 0.1) is 16.7 Å². The summed E-state index contributed by atoms with van der Waals surface area (Å²) in [6, 6.07) is 7.25. The average Bonchev–Trinajstić information content (AvgIpc) is 2.37. The minimum absolute atomic E-state index is 0.120. The summed E-state index contributed by atoms with van der Waals surface area (Å²) in [5.74, 6) is -2.58. The van der Waals surface area contributed by atoms with Gasteiger partial charge >= 0.3 is 0 Å². The number of nitro benzene ring substituents is 1. The molecule has 0 amide bonds. The highest BCUT2D eigenvalue weighted by Gasteiger charge is 2.21. The molecular formula is C13H9F2NO4S. The molecule has 0 aliphatic heterocycles. The van der Waals surface area contributed by atoms with Gasteiger partial charge in [0.15, 0.2) is 9.84 Å². The van der Waals surface area contributed by atoms with Crippen LogP contribution in [-0.4, -0.2) is 13.3 Å². The normalized spacial score (nSPS) is 11.3. The summed E-state index contributed by atoms with van der Waals surface area (Å²) in [5.41, 5.74) is -0.682. The first-order chi connectivity index (χ1) is 9.79. The Morgan fingerprint density at radius 3 is 2.38 bits per heavy atom. The van der Waals surface area contributed by atoms with Crippen molar-refractivity contribution in [2.45, 2.75) is 10.6 Å². The van der Waals surface area contributed by atoms with Crippen molar-refractivity contribution in [2.75, 3.05) is 0 Å². The van der Waals surface area contributed by atoms with E-state index in [1.807, 2.05) is 0 Å². The van der Waals surface area contributed by atoms with E-state index in [1.54, 1.807) is 0 Å². The Hall–Kier alpha value is -2.35. The maximum absolute atomic E-state index is 13.5. The van der Waals surface area contributed by atoms with Crippen LogP contribution in [-0.2, 0) is 15.6 Å². The summed E-state index contributed by atoms with van der Waals surface area (Å²) < 4.78 is 50.9. The van der Waals surface area contributed by atoms with Crippen LogP contribution in [0.4, 0.5) is 14.5 Å². The van der Waals surface area contributed by atoms with Crippen molar-refractivity contribution in [3.8, 4) is 0 Å². The van der Waals surface area contributed by atoms with Gasteiger partial charge < -0.3 is 0 Å². The lowest BCUT2D eigenvalue weighted by molar-refractivity contribution is -0.385. The second kappa shape index (κ2) is 5.57.